The number of nitrogens with zero attached hydrogens (tertiary/aromatic N) is 3. The van der Waals surface area contributed by atoms with Crippen molar-refractivity contribution < 1.29 is 27.5 Å². The third-order valence-corrected chi connectivity index (χ3v) is 6.88. The van der Waals surface area contributed by atoms with Crippen LogP contribution in [0, 0.1) is 0 Å². The van der Waals surface area contributed by atoms with Crippen LogP contribution in [0.2, 0.25) is 0 Å². The molecule has 180 valence electrons. The van der Waals surface area contributed by atoms with Gasteiger partial charge >= 0.3 is 6.36 Å². The summed E-state index contributed by atoms with van der Waals surface area (Å²) in [5.41, 5.74) is 0.460. The lowest BCUT2D eigenvalue weighted by atomic mass is 9.97. The number of para-hydroxylation sites is 4. The summed E-state index contributed by atoms with van der Waals surface area (Å²) >= 11 is 1.28. The minimum atomic E-state index is -4.90. The molecule has 1 aromatic heterocycles. The number of alkyl halides is 3. The molecule has 1 saturated heterocycles. The molecular formula is C23H23F3N4O3S. The van der Waals surface area contributed by atoms with Crippen LogP contribution in [-0.2, 0) is 16.6 Å². The standard InChI is InChI=1S/C23H23F3N4O3S/c1-22(20(32)27-16-9-4-6-11-18(16)33-23(24,25)26)12-7-13-30(22)19(31)14-34-21-28-15-8-3-5-10-17(15)29(21)2/h3-6,8-11H,7,12-14H2,1-2H3,(H,27,32). The number of likely N-dealkylation sites (tertiary alicyclic amines) is 1. The molecule has 7 nitrogen and oxygen atoms in total. The van der Waals surface area contributed by atoms with Crippen LogP contribution < -0.4 is 10.1 Å². The number of thioether (sulfide) groups is 1. The summed E-state index contributed by atoms with van der Waals surface area (Å²) < 4.78 is 44.1. The molecule has 11 heteroatoms. The maximum atomic E-state index is 13.1. The highest BCUT2D eigenvalue weighted by Gasteiger charge is 2.46. The molecule has 1 aliphatic rings. The summed E-state index contributed by atoms with van der Waals surface area (Å²) in [7, 11) is 1.87. The molecule has 4 rings (SSSR count). The molecule has 1 unspecified atom stereocenters. The normalized spacial score (nSPS) is 18.3. The highest BCUT2D eigenvalue weighted by molar-refractivity contribution is 7.99. The van der Waals surface area contributed by atoms with Crippen LogP contribution in [0.15, 0.2) is 53.7 Å². The maximum absolute atomic E-state index is 13.1. The zero-order valence-corrected chi connectivity index (χ0v) is 19.4. The van der Waals surface area contributed by atoms with E-state index in [-0.39, 0.29) is 17.3 Å². The predicted molar refractivity (Wildman–Crippen MR) is 123 cm³/mol. The number of imidazole rings is 1. The smallest absolute Gasteiger partial charge is 0.404 e. The van der Waals surface area contributed by atoms with E-state index in [1.54, 1.807) is 6.92 Å². The lowest BCUT2D eigenvalue weighted by molar-refractivity contribution is -0.274. The van der Waals surface area contributed by atoms with E-state index in [4.69, 9.17) is 0 Å². The molecule has 3 aromatic rings. The van der Waals surface area contributed by atoms with Crippen LogP contribution in [0.4, 0.5) is 18.9 Å². The first-order chi connectivity index (χ1) is 16.1. The SMILES string of the molecule is Cn1c(SCC(=O)N2CCCC2(C)C(=O)Nc2ccccc2OC(F)(F)F)nc2ccccc21. The van der Waals surface area contributed by atoms with Crippen LogP contribution in [0.1, 0.15) is 19.8 Å². The molecule has 34 heavy (non-hydrogen) atoms. The maximum Gasteiger partial charge on any atom is 0.573 e. The Morgan fingerprint density at radius 1 is 1.18 bits per heavy atom. The van der Waals surface area contributed by atoms with E-state index in [1.807, 2.05) is 35.9 Å². The number of benzene rings is 2. The van der Waals surface area contributed by atoms with Gasteiger partial charge in [0.2, 0.25) is 11.8 Å². The number of fused-ring (bicyclic) bond motifs is 1. The van der Waals surface area contributed by atoms with Crippen LogP contribution in [-0.4, -0.2) is 50.5 Å². The summed E-state index contributed by atoms with van der Waals surface area (Å²) in [4.78, 5) is 32.3. The van der Waals surface area contributed by atoms with Gasteiger partial charge in [0.15, 0.2) is 10.9 Å². The molecule has 0 radical (unpaired) electrons. The number of hydrogen-bond acceptors (Lipinski definition) is 5. The van der Waals surface area contributed by atoms with E-state index >= 15 is 0 Å². The Bertz CT molecular complexity index is 1230. The van der Waals surface area contributed by atoms with Crippen molar-refractivity contribution in [1.29, 1.82) is 0 Å². The first-order valence-corrected chi connectivity index (χ1v) is 11.6. The average Bonchev–Trinajstić information content (AvgIpc) is 3.33. The summed E-state index contributed by atoms with van der Waals surface area (Å²) in [6.45, 7) is 2.01. The minimum absolute atomic E-state index is 0.0772. The Morgan fingerprint density at radius 3 is 2.62 bits per heavy atom. The molecular weight excluding hydrogens is 469 g/mol. The summed E-state index contributed by atoms with van der Waals surface area (Å²) in [6, 6.07) is 13.0. The number of anilines is 1. The van der Waals surface area contributed by atoms with Crippen molar-refractivity contribution in [2.24, 2.45) is 7.05 Å². The number of amides is 2. The number of ether oxygens (including phenoxy) is 1. The summed E-state index contributed by atoms with van der Waals surface area (Å²) in [5.74, 6) is -1.25. The second-order valence-electron chi connectivity index (χ2n) is 8.15. The number of nitrogens with one attached hydrogen (secondary N) is 1. The van der Waals surface area contributed by atoms with E-state index < -0.39 is 23.6 Å². The Hall–Kier alpha value is -3.21. The zero-order chi connectivity index (χ0) is 24.5. The Kier molecular flexibility index (Phi) is 6.48. The first kappa shape index (κ1) is 23.9. The lowest BCUT2D eigenvalue weighted by Gasteiger charge is -2.34. The molecule has 0 aliphatic carbocycles. The molecule has 2 aromatic carbocycles. The third-order valence-electron chi connectivity index (χ3n) is 5.86. The molecule has 0 saturated carbocycles. The Balaban J connectivity index is 1.46. The molecule has 1 fully saturated rings. The molecule has 1 aliphatic heterocycles. The molecule has 0 bridgehead atoms. The molecule has 2 heterocycles. The van der Waals surface area contributed by atoms with E-state index in [1.165, 1.54) is 34.9 Å². The average molecular weight is 493 g/mol. The fourth-order valence-corrected chi connectivity index (χ4v) is 4.96. The van der Waals surface area contributed by atoms with Gasteiger partial charge in [0.1, 0.15) is 5.54 Å². The van der Waals surface area contributed by atoms with E-state index in [0.29, 0.717) is 24.5 Å². The van der Waals surface area contributed by atoms with Gasteiger partial charge in [-0.15, -0.1) is 13.2 Å². The molecule has 1 atom stereocenters. The lowest BCUT2D eigenvalue weighted by Crippen LogP contribution is -2.53. The van der Waals surface area contributed by atoms with Crippen LogP contribution in [0.3, 0.4) is 0 Å². The highest BCUT2D eigenvalue weighted by Crippen LogP contribution is 2.35. The Morgan fingerprint density at radius 2 is 1.88 bits per heavy atom. The fourth-order valence-electron chi connectivity index (χ4n) is 4.10. The van der Waals surface area contributed by atoms with Gasteiger partial charge in [-0.25, -0.2) is 4.98 Å². The zero-order valence-electron chi connectivity index (χ0n) is 18.6. The number of halogens is 3. The van der Waals surface area contributed by atoms with Crippen molar-refractivity contribution in [3.63, 3.8) is 0 Å². The van der Waals surface area contributed by atoms with Gasteiger partial charge < -0.3 is 19.5 Å². The van der Waals surface area contributed by atoms with Crippen LogP contribution >= 0.6 is 11.8 Å². The van der Waals surface area contributed by atoms with Crippen molar-refractivity contribution in [2.45, 2.75) is 36.8 Å². The first-order valence-electron chi connectivity index (χ1n) is 10.6. The van der Waals surface area contributed by atoms with Crippen LogP contribution in [0.25, 0.3) is 11.0 Å². The predicted octanol–water partition coefficient (Wildman–Crippen LogP) is 4.58. The van der Waals surface area contributed by atoms with Crippen LogP contribution in [0.5, 0.6) is 5.75 Å². The second-order valence-corrected chi connectivity index (χ2v) is 9.09. The fraction of sp³-hybridized carbons (Fsp3) is 0.348. The number of carbonyl (C=O) groups is 2. The summed E-state index contributed by atoms with van der Waals surface area (Å²) in [5, 5.41) is 3.20. The number of rotatable bonds is 6. The number of carbonyl (C=O) groups excluding carboxylic acids is 2. The van der Waals surface area contributed by atoms with Crippen molar-refractivity contribution in [2.75, 3.05) is 17.6 Å². The van der Waals surface area contributed by atoms with E-state index in [0.717, 1.165) is 17.1 Å². The molecule has 1 N–H and O–H groups in total. The number of aromatic nitrogens is 2. The highest BCUT2D eigenvalue weighted by atomic mass is 32.2. The quantitative estimate of drug-likeness (QED) is 0.510. The number of aryl methyl sites for hydroxylation is 1. The topological polar surface area (TPSA) is 76.5 Å². The van der Waals surface area contributed by atoms with Gasteiger partial charge in [-0.05, 0) is 44.0 Å². The van der Waals surface area contributed by atoms with Gasteiger partial charge in [-0.1, -0.05) is 36.0 Å². The Labute approximate surface area is 198 Å². The van der Waals surface area contributed by atoms with E-state index in [9.17, 15) is 22.8 Å². The monoisotopic (exact) mass is 492 g/mol. The van der Waals surface area contributed by atoms with Crippen molar-refractivity contribution in [1.82, 2.24) is 14.5 Å². The minimum Gasteiger partial charge on any atom is -0.404 e. The van der Waals surface area contributed by atoms with Gasteiger partial charge in [0, 0.05) is 13.6 Å². The van der Waals surface area contributed by atoms with Gasteiger partial charge in [-0.3, -0.25) is 9.59 Å². The van der Waals surface area contributed by atoms with Crippen molar-refractivity contribution in [3.05, 3.63) is 48.5 Å². The second kappa shape index (κ2) is 9.21. The van der Waals surface area contributed by atoms with Gasteiger partial charge in [0.05, 0.1) is 22.5 Å². The van der Waals surface area contributed by atoms with Crippen molar-refractivity contribution >= 4 is 40.3 Å². The van der Waals surface area contributed by atoms with E-state index in [2.05, 4.69) is 15.0 Å². The third kappa shape index (κ3) is 4.84. The summed E-state index contributed by atoms with van der Waals surface area (Å²) in [6.07, 6.45) is -3.90. The molecule has 0 spiro atoms. The largest absolute Gasteiger partial charge is 0.573 e. The number of hydrogen-bond donors (Lipinski definition) is 1. The van der Waals surface area contributed by atoms with Gasteiger partial charge in [-0.2, -0.15) is 0 Å². The van der Waals surface area contributed by atoms with Crippen molar-refractivity contribution in [3.8, 4) is 5.75 Å². The molecule has 2 amide bonds. The van der Waals surface area contributed by atoms with Gasteiger partial charge in [0.25, 0.3) is 0 Å².